The molecule has 1 unspecified atom stereocenters. The van der Waals surface area contributed by atoms with E-state index in [9.17, 15) is 4.79 Å². The van der Waals surface area contributed by atoms with Crippen LogP contribution in [0, 0.1) is 0 Å². The molecular formula is C11H12ClN5O2. The second-order valence-corrected chi connectivity index (χ2v) is 4.37. The fraction of sp³-hybridized carbons (Fsp3) is 0.364. The number of nitrogens with zero attached hydrogens (tertiary/aromatic N) is 5. The highest BCUT2D eigenvalue weighted by atomic mass is 35.5. The van der Waals surface area contributed by atoms with Gasteiger partial charge in [0.1, 0.15) is 0 Å². The van der Waals surface area contributed by atoms with Crippen LogP contribution in [-0.2, 0) is 4.79 Å². The summed E-state index contributed by atoms with van der Waals surface area (Å²) in [6.45, 7) is 1.88. The molecule has 0 saturated carbocycles. The van der Waals surface area contributed by atoms with Gasteiger partial charge in [-0.2, -0.15) is 0 Å². The van der Waals surface area contributed by atoms with Crippen molar-refractivity contribution in [3.05, 3.63) is 23.5 Å². The summed E-state index contributed by atoms with van der Waals surface area (Å²) in [5.41, 5.74) is 0.630. The Morgan fingerprint density at radius 3 is 3.00 bits per heavy atom. The Hall–Kier alpha value is -2.02. The predicted molar refractivity (Wildman–Crippen MR) is 67.6 cm³/mol. The van der Waals surface area contributed by atoms with Crippen LogP contribution in [-0.4, -0.2) is 36.3 Å². The molecule has 0 aliphatic carbocycles. The van der Waals surface area contributed by atoms with Gasteiger partial charge < -0.3 is 5.11 Å². The molecule has 7 nitrogen and oxygen atoms in total. The van der Waals surface area contributed by atoms with Gasteiger partial charge in [0.2, 0.25) is 0 Å². The number of hydrogen-bond donors (Lipinski definition) is 1. The van der Waals surface area contributed by atoms with E-state index in [-0.39, 0.29) is 12.5 Å². The van der Waals surface area contributed by atoms with E-state index in [4.69, 9.17) is 16.7 Å². The Bertz CT molecular complexity index is 586. The predicted octanol–water partition coefficient (Wildman–Crippen LogP) is 1.81. The van der Waals surface area contributed by atoms with E-state index in [2.05, 4.69) is 20.5 Å². The van der Waals surface area contributed by atoms with Crippen molar-refractivity contribution in [2.75, 3.05) is 0 Å². The third-order valence-electron chi connectivity index (χ3n) is 2.73. The van der Waals surface area contributed by atoms with Crippen molar-refractivity contribution in [1.82, 2.24) is 25.2 Å². The highest BCUT2D eigenvalue weighted by Gasteiger charge is 2.20. The number of hydrogen-bond acceptors (Lipinski definition) is 5. The van der Waals surface area contributed by atoms with Crippen LogP contribution in [0.3, 0.4) is 0 Å². The van der Waals surface area contributed by atoms with Crippen molar-refractivity contribution in [1.29, 1.82) is 0 Å². The van der Waals surface area contributed by atoms with Gasteiger partial charge in [0, 0.05) is 18.0 Å². The van der Waals surface area contributed by atoms with Crippen LogP contribution >= 0.6 is 11.6 Å². The number of halogens is 1. The number of carbonyl (C=O) groups is 1. The molecule has 2 rings (SSSR count). The summed E-state index contributed by atoms with van der Waals surface area (Å²) in [4.78, 5) is 14.8. The van der Waals surface area contributed by atoms with Crippen LogP contribution in [0.2, 0.25) is 5.02 Å². The average molecular weight is 282 g/mol. The maximum Gasteiger partial charge on any atom is 0.305 e. The minimum Gasteiger partial charge on any atom is -0.481 e. The molecule has 2 aromatic rings. The fourth-order valence-corrected chi connectivity index (χ4v) is 1.98. The Balaban J connectivity index is 2.42. The molecular weight excluding hydrogens is 270 g/mol. The van der Waals surface area contributed by atoms with E-state index in [0.29, 0.717) is 22.8 Å². The van der Waals surface area contributed by atoms with Crippen LogP contribution in [0.5, 0.6) is 0 Å². The van der Waals surface area contributed by atoms with E-state index in [0.717, 1.165) is 0 Å². The zero-order chi connectivity index (χ0) is 13.8. The maximum absolute atomic E-state index is 10.9. The van der Waals surface area contributed by atoms with E-state index >= 15 is 0 Å². The largest absolute Gasteiger partial charge is 0.481 e. The first-order chi connectivity index (χ1) is 9.13. The molecule has 2 heterocycles. The van der Waals surface area contributed by atoms with Crippen LogP contribution in [0.1, 0.15) is 25.8 Å². The second kappa shape index (κ2) is 5.75. The third-order valence-corrected chi connectivity index (χ3v) is 3.03. The van der Waals surface area contributed by atoms with Gasteiger partial charge in [0.15, 0.2) is 5.82 Å². The number of carboxylic acids is 1. The fourth-order valence-electron chi connectivity index (χ4n) is 1.78. The number of pyridine rings is 1. The van der Waals surface area contributed by atoms with Gasteiger partial charge in [-0.05, 0) is 22.9 Å². The summed E-state index contributed by atoms with van der Waals surface area (Å²) in [6.07, 6.45) is 3.64. The SMILES string of the molecule is CCC(CC(=O)O)n1nnnc1-c1ccncc1Cl. The lowest BCUT2D eigenvalue weighted by molar-refractivity contribution is -0.138. The zero-order valence-electron chi connectivity index (χ0n) is 10.2. The van der Waals surface area contributed by atoms with Crippen molar-refractivity contribution >= 4 is 17.6 Å². The minimum atomic E-state index is -0.894. The molecule has 0 fully saturated rings. The van der Waals surface area contributed by atoms with Crippen molar-refractivity contribution in [3.63, 3.8) is 0 Å². The molecule has 1 atom stereocenters. The Morgan fingerprint density at radius 1 is 1.58 bits per heavy atom. The summed E-state index contributed by atoms with van der Waals surface area (Å²) < 4.78 is 1.50. The van der Waals surface area contributed by atoms with Crippen LogP contribution < -0.4 is 0 Å². The van der Waals surface area contributed by atoms with Gasteiger partial charge in [0.05, 0.1) is 17.5 Å². The maximum atomic E-state index is 10.9. The minimum absolute atomic E-state index is 0.0444. The molecule has 0 aliphatic heterocycles. The van der Waals surface area contributed by atoms with Crippen molar-refractivity contribution in [2.24, 2.45) is 0 Å². The quantitative estimate of drug-likeness (QED) is 0.898. The summed E-state index contributed by atoms with van der Waals surface area (Å²) in [5.74, 6) is -0.449. The van der Waals surface area contributed by atoms with Gasteiger partial charge >= 0.3 is 5.97 Å². The highest BCUT2D eigenvalue weighted by Crippen LogP contribution is 2.27. The Labute approximate surface area is 114 Å². The van der Waals surface area contributed by atoms with Gasteiger partial charge in [-0.3, -0.25) is 9.78 Å². The van der Waals surface area contributed by atoms with E-state index in [1.54, 1.807) is 12.3 Å². The van der Waals surface area contributed by atoms with Gasteiger partial charge in [0.25, 0.3) is 0 Å². The summed E-state index contributed by atoms with van der Waals surface area (Å²) in [6, 6.07) is 1.38. The van der Waals surface area contributed by atoms with E-state index < -0.39 is 5.97 Å². The number of carboxylic acid groups (broad SMARTS) is 1. The lowest BCUT2D eigenvalue weighted by Crippen LogP contribution is -2.15. The summed E-state index contributed by atoms with van der Waals surface area (Å²) >= 11 is 6.05. The smallest absolute Gasteiger partial charge is 0.305 e. The molecule has 0 saturated heterocycles. The van der Waals surface area contributed by atoms with Gasteiger partial charge in [-0.25, -0.2) is 4.68 Å². The monoisotopic (exact) mass is 281 g/mol. The molecule has 0 bridgehead atoms. The van der Waals surface area contributed by atoms with E-state index in [1.165, 1.54) is 10.9 Å². The Kier molecular flexibility index (Phi) is 4.06. The standard InChI is InChI=1S/C11H12ClN5O2/c1-2-7(5-10(18)19)17-11(14-15-16-17)8-3-4-13-6-9(8)12/h3-4,6-7H,2,5H2,1H3,(H,18,19). The van der Waals surface area contributed by atoms with Crippen molar-refractivity contribution in [3.8, 4) is 11.4 Å². The number of aliphatic carboxylic acids is 1. The molecule has 0 spiro atoms. The third kappa shape index (κ3) is 2.87. The number of tetrazole rings is 1. The molecule has 0 aliphatic rings. The first-order valence-corrected chi connectivity index (χ1v) is 6.10. The number of aromatic nitrogens is 5. The van der Waals surface area contributed by atoms with Crippen molar-refractivity contribution in [2.45, 2.75) is 25.8 Å². The first-order valence-electron chi connectivity index (χ1n) is 5.73. The van der Waals surface area contributed by atoms with Crippen LogP contribution in [0.4, 0.5) is 0 Å². The number of rotatable bonds is 5. The second-order valence-electron chi connectivity index (χ2n) is 3.96. The van der Waals surface area contributed by atoms with Crippen LogP contribution in [0.15, 0.2) is 18.5 Å². The normalized spacial score (nSPS) is 12.3. The van der Waals surface area contributed by atoms with Gasteiger partial charge in [-0.1, -0.05) is 18.5 Å². The average Bonchev–Trinajstić information content (AvgIpc) is 2.85. The van der Waals surface area contributed by atoms with Crippen molar-refractivity contribution < 1.29 is 9.90 Å². The topological polar surface area (TPSA) is 93.8 Å². The molecule has 1 N–H and O–H groups in total. The van der Waals surface area contributed by atoms with E-state index in [1.807, 2.05) is 6.92 Å². The molecule has 2 aromatic heterocycles. The molecule has 19 heavy (non-hydrogen) atoms. The molecule has 0 aromatic carbocycles. The first kappa shape index (κ1) is 13.4. The lowest BCUT2D eigenvalue weighted by Gasteiger charge is -2.14. The lowest BCUT2D eigenvalue weighted by atomic mass is 10.1. The molecule has 0 radical (unpaired) electrons. The molecule has 8 heteroatoms. The summed E-state index contributed by atoms with van der Waals surface area (Å²) in [5, 5.41) is 20.7. The molecule has 100 valence electrons. The van der Waals surface area contributed by atoms with Crippen LogP contribution in [0.25, 0.3) is 11.4 Å². The highest BCUT2D eigenvalue weighted by molar-refractivity contribution is 6.33. The summed E-state index contributed by atoms with van der Waals surface area (Å²) in [7, 11) is 0. The molecule has 0 amide bonds. The van der Waals surface area contributed by atoms with Gasteiger partial charge in [-0.15, -0.1) is 5.10 Å². The Morgan fingerprint density at radius 2 is 2.37 bits per heavy atom. The zero-order valence-corrected chi connectivity index (χ0v) is 10.9.